The molecule has 1 heterocycles. The lowest BCUT2D eigenvalue weighted by molar-refractivity contribution is -0.136. The molecular weight excluding hydrogens is 332 g/mol. The molecule has 0 amide bonds. The zero-order chi connectivity index (χ0) is 18.9. The Morgan fingerprint density at radius 1 is 1.27 bits per heavy atom. The van der Waals surface area contributed by atoms with Crippen LogP contribution in [0.1, 0.15) is 62.6 Å². The number of esters is 1. The lowest BCUT2D eigenvalue weighted by atomic mass is 9.53. The normalized spacial score (nSPS) is 30.0. The number of hydrogen-bond acceptors (Lipinski definition) is 5. The van der Waals surface area contributed by atoms with Gasteiger partial charge in [0.15, 0.2) is 0 Å². The van der Waals surface area contributed by atoms with Gasteiger partial charge in [-0.1, -0.05) is 20.8 Å². The molecule has 2 unspecified atom stereocenters. The van der Waals surface area contributed by atoms with Crippen LogP contribution in [0, 0.1) is 0 Å². The van der Waals surface area contributed by atoms with Gasteiger partial charge in [-0.15, -0.1) is 0 Å². The van der Waals surface area contributed by atoms with Gasteiger partial charge in [-0.25, -0.2) is 4.79 Å². The summed E-state index contributed by atoms with van der Waals surface area (Å²) in [6, 6.07) is 1.78. The van der Waals surface area contributed by atoms with Crippen molar-refractivity contribution in [1.82, 2.24) is 0 Å². The molecular formula is C21H26O5. The fraction of sp³-hybridized carbons (Fsp3) is 0.571. The Bertz CT molecular complexity index is 837. The minimum atomic E-state index is -1.18. The van der Waals surface area contributed by atoms with E-state index in [1.165, 1.54) is 0 Å². The maximum Gasteiger partial charge on any atom is 0.334 e. The Morgan fingerprint density at radius 2 is 2.00 bits per heavy atom. The molecule has 3 aliphatic rings. The first-order valence-corrected chi connectivity index (χ1v) is 9.30. The molecule has 0 saturated carbocycles. The SMILES string of the molecule is COc1c(C(C)C)cc(O)c2c1CCC1(O)C3=C(CCC21C)C(=O)OC3. The highest BCUT2D eigenvalue weighted by Gasteiger charge is 2.59. The predicted molar refractivity (Wildman–Crippen MR) is 96.6 cm³/mol. The predicted octanol–water partition coefficient (Wildman–Crippen LogP) is 3.11. The van der Waals surface area contributed by atoms with Crippen LogP contribution in [-0.2, 0) is 21.4 Å². The second-order valence-corrected chi connectivity index (χ2v) is 8.25. The summed E-state index contributed by atoms with van der Waals surface area (Å²) in [5, 5.41) is 22.6. The summed E-state index contributed by atoms with van der Waals surface area (Å²) >= 11 is 0. The molecule has 140 valence electrons. The monoisotopic (exact) mass is 358 g/mol. The number of ether oxygens (including phenoxy) is 2. The number of methoxy groups -OCH3 is 1. The van der Waals surface area contributed by atoms with Gasteiger partial charge in [-0.2, -0.15) is 0 Å². The molecule has 26 heavy (non-hydrogen) atoms. The third-order valence-electron chi connectivity index (χ3n) is 6.75. The Hall–Kier alpha value is -2.01. The van der Waals surface area contributed by atoms with Gasteiger partial charge in [-0.3, -0.25) is 0 Å². The fourth-order valence-electron chi connectivity index (χ4n) is 5.29. The zero-order valence-electron chi connectivity index (χ0n) is 15.8. The first-order valence-electron chi connectivity index (χ1n) is 9.30. The van der Waals surface area contributed by atoms with Crippen molar-refractivity contribution in [3.8, 4) is 11.5 Å². The molecule has 0 saturated heterocycles. The molecule has 0 radical (unpaired) electrons. The summed E-state index contributed by atoms with van der Waals surface area (Å²) in [5.74, 6) is 0.934. The molecule has 1 aromatic carbocycles. The van der Waals surface area contributed by atoms with E-state index in [4.69, 9.17) is 9.47 Å². The van der Waals surface area contributed by atoms with E-state index in [1.807, 2.05) is 6.92 Å². The Labute approximate surface area is 153 Å². The van der Waals surface area contributed by atoms with E-state index >= 15 is 0 Å². The summed E-state index contributed by atoms with van der Waals surface area (Å²) in [5.41, 5.74) is 2.19. The van der Waals surface area contributed by atoms with Crippen LogP contribution >= 0.6 is 0 Å². The second-order valence-electron chi connectivity index (χ2n) is 8.25. The molecule has 0 bridgehead atoms. The number of fused-ring (bicyclic) bond motifs is 4. The minimum absolute atomic E-state index is 0.150. The summed E-state index contributed by atoms with van der Waals surface area (Å²) in [6.45, 7) is 6.29. The fourth-order valence-corrected chi connectivity index (χ4v) is 5.29. The van der Waals surface area contributed by atoms with E-state index in [9.17, 15) is 15.0 Å². The lowest BCUT2D eigenvalue weighted by Gasteiger charge is -2.53. The summed E-state index contributed by atoms with van der Waals surface area (Å²) in [4.78, 5) is 12.0. The van der Waals surface area contributed by atoms with Crippen molar-refractivity contribution < 1.29 is 24.5 Å². The maximum absolute atomic E-state index is 12.0. The highest BCUT2D eigenvalue weighted by Crippen LogP contribution is 2.59. The van der Waals surface area contributed by atoms with E-state index in [-0.39, 0.29) is 24.2 Å². The largest absolute Gasteiger partial charge is 0.508 e. The van der Waals surface area contributed by atoms with Gasteiger partial charge in [0.2, 0.25) is 0 Å². The highest BCUT2D eigenvalue weighted by atomic mass is 16.5. The first kappa shape index (κ1) is 17.4. The molecule has 2 atom stereocenters. The number of hydrogen-bond donors (Lipinski definition) is 2. The maximum atomic E-state index is 12.0. The Kier molecular flexibility index (Phi) is 3.68. The summed E-state index contributed by atoms with van der Waals surface area (Å²) in [6.07, 6.45) is 2.22. The summed E-state index contributed by atoms with van der Waals surface area (Å²) < 4.78 is 11.0. The van der Waals surface area contributed by atoms with Crippen LogP contribution in [0.2, 0.25) is 0 Å². The van der Waals surface area contributed by atoms with Crippen molar-refractivity contribution in [2.45, 2.75) is 63.4 Å². The van der Waals surface area contributed by atoms with E-state index in [0.29, 0.717) is 36.8 Å². The van der Waals surface area contributed by atoms with Crippen molar-refractivity contribution in [2.75, 3.05) is 13.7 Å². The number of cyclic esters (lactones) is 1. The number of carbonyl (C=O) groups is 1. The topological polar surface area (TPSA) is 76.0 Å². The molecule has 5 heteroatoms. The number of aliphatic hydroxyl groups is 1. The number of rotatable bonds is 2. The molecule has 0 fully saturated rings. The number of aromatic hydroxyl groups is 1. The molecule has 2 aliphatic carbocycles. The van der Waals surface area contributed by atoms with Gasteiger partial charge in [0.25, 0.3) is 0 Å². The van der Waals surface area contributed by atoms with E-state index in [0.717, 1.165) is 22.4 Å². The van der Waals surface area contributed by atoms with E-state index < -0.39 is 11.0 Å². The van der Waals surface area contributed by atoms with Gasteiger partial charge < -0.3 is 19.7 Å². The molecule has 5 nitrogen and oxygen atoms in total. The van der Waals surface area contributed by atoms with Crippen molar-refractivity contribution >= 4 is 5.97 Å². The highest BCUT2D eigenvalue weighted by molar-refractivity contribution is 5.93. The average molecular weight is 358 g/mol. The van der Waals surface area contributed by atoms with Crippen LogP contribution in [0.4, 0.5) is 0 Å². The van der Waals surface area contributed by atoms with E-state index in [1.54, 1.807) is 13.2 Å². The van der Waals surface area contributed by atoms with Crippen LogP contribution in [0.3, 0.4) is 0 Å². The molecule has 1 aromatic rings. The van der Waals surface area contributed by atoms with Gasteiger partial charge in [0.05, 0.1) is 12.7 Å². The van der Waals surface area contributed by atoms with Crippen molar-refractivity contribution in [3.63, 3.8) is 0 Å². The van der Waals surface area contributed by atoms with E-state index in [2.05, 4.69) is 13.8 Å². The second kappa shape index (κ2) is 5.49. The zero-order valence-corrected chi connectivity index (χ0v) is 15.8. The van der Waals surface area contributed by atoms with Crippen LogP contribution in [0.5, 0.6) is 11.5 Å². The number of carbonyl (C=O) groups excluding carboxylic acids is 1. The smallest absolute Gasteiger partial charge is 0.334 e. The molecule has 2 N–H and O–H groups in total. The van der Waals surface area contributed by atoms with Gasteiger partial charge in [0.1, 0.15) is 18.1 Å². The number of benzene rings is 1. The summed E-state index contributed by atoms with van der Waals surface area (Å²) in [7, 11) is 1.66. The van der Waals surface area contributed by atoms with Crippen LogP contribution in [0.25, 0.3) is 0 Å². The van der Waals surface area contributed by atoms with Crippen LogP contribution in [-0.4, -0.2) is 35.5 Å². The third-order valence-corrected chi connectivity index (χ3v) is 6.75. The molecule has 0 spiro atoms. The van der Waals surface area contributed by atoms with Crippen LogP contribution in [0.15, 0.2) is 17.2 Å². The van der Waals surface area contributed by atoms with Crippen molar-refractivity contribution in [1.29, 1.82) is 0 Å². The third kappa shape index (κ3) is 1.98. The van der Waals surface area contributed by atoms with Crippen molar-refractivity contribution in [2.24, 2.45) is 0 Å². The number of phenolic OH excluding ortho intramolecular Hbond substituents is 1. The number of phenols is 1. The Morgan fingerprint density at radius 3 is 2.65 bits per heavy atom. The standard InChI is InChI=1S/C21H26O5/c1-11(2)14-9-16(22)17-13(18(14)25-4)6-8-21(24)15-10-26-19(23)12(15)5-7-20(17,21)3/h9,11,22,24H,5-8,10H2,1-4H3. The van der Waals surface area contributed by atoms with Gasteiger partial charge >= 0.3 is 5.97 Å². The van der Waals surface area contributed by atoms with Gasteiger partial charge in [0, 0.05) is 33.3 Å². The minimum Gasteiger partial charge on any atom is -0.508 e. The average Bonchev–Trinajstić information content (AvgIpc) is 2.97. The quantitative estimate of drug-likeness (QED) is 0.795. The lowest BCUT2D eigenvalue weighted by Crippen LogP contribution is -2.56. The molecule has 4 rings (SSSR count). The van der Waals surface area contributed by atoms with Crippen molar-refractivity contribution in [3.05, 3.63) is 33.9 Å². The Balaban J connectivity index is 1.96. The molecule has 0 aromatic heterocycles. The van der Waals surface area contributed by atoms with Gasteiger partial charge in [-0.05, 0) is 37.7 Å². The van der Waals surface area contributed by atoms with Crippen LogP contribution < -0.4 is 4.74 Å². The molecule has 1 aliphatic heterocycles. The first-order chi connectivity index (χ1) is 12.2.